The lowest BCUT2D eigenvalue weighted by Gasteiger charge is -2.44. The summed E-state index contributed by atoms with van der Waals surface area (Å²) in [5.41, 5.74) is -0.456. The lowest BCUT2D eigenvalue weighted by Crippen LogP contribution is -2.56. The number of amides is 4. The molecule has 2 rings (SSSR count). The maximum Gasteiger partial charge on any atom is 0.253 e. The summed E-state index contributed by atoms with van der Waals surface area (Å²) in [5, 5.41) is 5.58. The molecule has 1 fully saturated rings. The van der Waals surface area contributed by atoms with Crippen molar-refractivity contribution >= 4 is 23.6 Å². The SMILES string of the molecule is CC1(C)OCC(C)(C)[C@H](C(=O)NCCC(=O)NCCCCCN2C(=O)C=CC2=O)O1. The molecule has 2 aliphatic rings. The third kappa shape index (κ3) is 6.91. The molecule has 0 aromatic rings. The Morgan fingerprint density at radius 3 is 2.37 bits per heavy atom. The van der Waals surface area contributed by atoms with Gasteiger partial charge in [0.05, 0.1) is 6.61 Å². The fourth-order valence-corrected chi connectivity index (χ4v) is 3.25. The van der Waals surface area contributed by atoms with Gasteiger partial charge in [0.1, 0.15) is 6.10 Å². The van der Waals surface area contributed by atoms with Crippen LogP contribution in [0.3, 0.4) is 0 Å². The van der Waals surface area contributed by atoms with Crippen LogP contribution >= 0.6 is 0 Å². The Balaban J connectivity index is 1.56. The van der Waals surface area contributed by atoms with Gasteiger partial charge in [-0.3, -0.25) is 24.1 Å². The average Bonchev–Trinajstić information content (AvgIpc) is 2.98. The van der Waals surface area contributed by atoms with Crippen molar-refractivity contribution in [2.45, 2.75) is 65.3 Å². The zero-order valence-corrected chi connectivity index (χ0v) is 18.3. The van der Waals surface area contributed by atoms with Gasteiger partial charge in [-0.05, 0) is 33.1 Å². The topological polar surface area (TPSA) is 114 Å². The molecule has 9 heteroatoms. The molecule has 30 heavy (non-hydrogen) atoms. The zero-order valence-electron chi connectivity index (χ0n) is 18.3. The van der Waals surface area contributed by atoms with Gasteiger partial charge in [0, 0.05) is 43.6 Å². The van der Waals surface area contributed by atoms with Gasteiger partial charge in [-0.1, -0.05) is 13.8 Å². The van der Waals surface area contributed by atoms with E-state index in [1.165, 1.54) is 17.1 Å². The van der Waals surface area contributed by atoms with E-state index in [2.05, 4.69) is 10.6 Å². The molecule has 0 aromatic heterocycles. The Morgan fingerprint density at radius 2 is 1.70 bits per heavy atom. The molecule has 0 unspecified atom stereocenters. The number of hydrogen-bond acceptors (Lipinski definition) is 6. The summed E-state index contributed by atoms with van der Waals surface area (Å²) in [6.45, 7) is 8.91. The van der Waals surface area contributed by atoms with Crippen molar-refractivity contribution in [2.75, 3.05) is 26.2 Å². The molecule has 0 saturated carbocycles. The van der Waals surface area contributed by atoms with Crippen LogP contribution in [0.5, 0.6) is 0 Å². The van der Waals surface area contributed by atoms with Gasteiger partial charge in [-0.15, -0.1) is 0 Å². The van der Waals surface area contributed by atoms with E-state index in [-0.39, 0.29) is 36.6 Å². The van der Waals surface area contributed by atoms with Crippen molar-refractivity contribution < 1.29 is 28.7 Å². The molecule has 1 atom stereocenters. The predicted octanol–water partition coefficient (Wildman–Crippen LogP) is 0.882. The summed E-state index contributed by atoms with van der Waals surface area (Å²) in [6.07, 6.45) is 4.33. The second-order valence-electron chi connectivity index (χ2n) is 8.79. The molecule has 0 aliphatic carbocycles. The molecule has 2 heterocycles. The van der Waals surface area contributed by atoms with E-state index in [9.17, 15) is 19.2 Å². The van der Waals surface area contributed by atoms with Crippen LogP contribution in [0.15, 0.2) is 12.2 Å². The predicted molar refractivity (Wildman–Crippen MR) is 109 cm³/mol. The second kappa shape index (κ2) is 10.2. The van der Waals surface area contributed by atoms with Crippen LogP contribution in [0.25, 0.3) is 0 Å². The van der Waals surface area contributed by atoms with Crippen molar-refractivity contribution in [1.82, 2.24) is 15.5 Å². The number of carbonyl (C=O) groups excluding carboxylic acids is 4. The summed E-state index contributed by atoms with van der Waals surface area (Å²) in [4.78, 5) is 48.5. The van der Waals surface area contributed by atoms with Gasteiger partial charge in [0.25, 0.3) is 11.8 Å². The quantitative estimate of drug-likeness (QED) is 0.398. The van der Waals surface area contributed by atoms with Crippen molar-refractivity contribution in [1.29, 1.82) is 0 Å². The Morgan fingerprint density at radius 1 is 1.03 bits per heavy atom. The molecule has 4 amide bonds. The molecule has 0 aromatic carbocycles. The highest BCUT2D eigenvalue weighted by atomic mass is 16.7. The third-order valence-electron chi connectivity index (χ3n) is 5.07. The molecule has 0 bridgehead atoms. The van der Waals surface area contributed by atoms with Crippen LogP contribution in [0, 0.1) is 5.41 Å². The summed E-state index contributed by atoms with van der Waals surface area (Å²) in [6, 6.07) is 0. The number of ether oxygens (including phenoxy) is 2. The van der Waals surface area contributed by atoms with E-state index in [1.54, 1.807) is 13.8 Å². The maximum absolute atomic E-state index is 12.5. The van der Waals surface area contributed by atoms with Gasteiger partial charge in [-0.25, -0.2) is 0 Å². The number of carbonyl (C=O) groups is 4. The highest BCUT2D eigenvalue weighted by Crippen LogP contribution is 2.34. The Labute approximate surface area is 177 Å². The van der Waals surface area contributed by atoms with Crippen molar-refractivity contribution in [3.63, 3.8) is 0 Å². The van der Waals surface area contributed by atoms with Gasteiger partial charge in [-0.2, -0.15) is 0 Å². The number of nitrogens with one attached hydrogen (secondary N) is 2. The van der Waals surface area contributed by atoms with E-state index < -0.39 is 17.3 Å². The van der Waals surface area contributed by atoms with Crippen molar-refractivity contribution in [3.05, 3.63) is 12.2 Å². The summed E-state index contributed by atoms with van der Waals surface area (Å²) >= 11 is 0. The molecular formula is C21H33N3O6. The van der Waals surface area contributed by atoms with E-state index in [0.29, 0.717) is 26.1 Å². The zero-order chi connectivity index (χ0) is 22.4. The normalized spacial score (nSPS) is 22.3. The van der Waals surface area contributed by atoms with Crippen LogP contribution in [0.2, 0.25) is 0 Å². The minimum Gasteiger partial charge on any atom is -0.356 e. The molecule has 2 aliphatic heterocycles. The minimum absolute atomic E-state index is 0.142. The van der Waals surface area contributed by atoms with Crippen LogP contribution in [-0.2, 0) is 28.7 Å². The van der Waals surface area contributed by atoms with Gasteiger partial charge in [0.15, 0.2) is 5.79 Å². The molecule has 0 radical (unpaired) electrons. The lowest BCUT2D eigenvalue weighted by molar-refractivity contribution is -0.304. The first-order valence-corrected chi connectivity index (χ1v) is 10.4. The van der Waals surface area contributed by atoms with Gasteiger partial charge >= 0.3 is 0 Å². The first kappa shape index (κ1) is 24.0. The van der Waals surface area contributed by atoms with Gasteiger partial charge in [0.2, 0.25) is 11.8 Å². The van der Waals surface area contributed by atoms with E-state index in [4.69, 9.17) is 9.47 Å². The molecule has 9 nitrogen and oxygen atoms in total. The Bertz CT molecular complexity index is 683. The van der Waals surface area contributed by atoms with Crippen molar-refractivity contribution in [3.8, 4) is 0 Å². The molecule has 2 N–H and O–H groups in total. The smallest absolute Gasteiger partial charge is 0.253 e. The number of hydrogen-bond donors (Lipinski definition) is 2. The van der Waals surface area contributed by atoms with Crippen LogP contribution < -0.4 is 10.6 Å². The number of nitrogens with zero attached hydrogens (tertiary/aromatic N) is 1. The van der Waals surface area contributed by atoms with E-state index >= 15 is 0 Å². The largest absolute Gasteiger partial charge is 0.356 e. The number of unbranched alkanes of at least 4 members (excludes halogenated alkanes) is 2. The standard InChI is InChI=1S/C21H33N3O6/c1-20(2)14-29-21(3,4)30-18(20)19(28)23-12-10-15(25)22-11-6-5-7-13-24-16(26)8-9-17(24)27/h8-9,18H,5-7,10-14H2,1-4H3,(H,22,25)(H,23,28)/t18-/m0/s1. The molecule has 168 valence electrons. The van der Waals surface area contributed by atoms with Crippen LogP contribution in [0.4, 0.5) is 0 Å². The second-order valence-corrected chi connectivity index (χ2v) is 8.79. The van der Waals surface area contributed by atoms with Gasteiger partial charge < -0.3 is 20.1 Å². The average molecular weight is 424 g/mol. The van der Waals surface area contributed by atoms with Crippen LogP contribution in [0.1, 0.15) is 53.4 Å². The number of rotatable bonds is 10. The van der Waals surface area contributed by atoms with Crippen LogP contribution in [-0.4, -0.2) is 66.7 Å². The van der Waals surface area contributed by atoms with Crippen molar-refractivity contribution in [2.24, 2.45) is 5.41 Å². The fourth-order valence-electron chi connectivity index (χ4n) is 3.25. The number of imide groups is 1. The minimum atomic E-state index is -0.819. The van der Waals surface area contributed by atoms with E-state index in [0.717, 1.165) is 12.8 Å². The highest BCUT2D eigenvalue weighted by Gasteiger charge is 2.45. The monoisotopic (exact) mass is 423 g/mol. The molecule has 1 saturated heterocycles. The fraction of sp³-hybridized carbons (Fsp3) is 0.714. The summed E-state index contributed by atoms with van der Waals surface area (Å²) < 4.78 is 11.4. The molecular weight excluding hydrogens is 390 g/mol. The summed E-state index contributed by atoms with van der Waals surface area (Å²) in [7, 11) is 0. The molecule has 0 spiro atoms. The third-order valence-corrected chi connectivity index (χ3v) is 5.07. The first-order chi connectivity index (χ1) is 14.0. The lowest BCUT2D eigenvalue weighted by atomic mass is 9.85. The summed E-state index contributed by atoms with van der Waals surface area (Å²) in [5.74, 6) is -1.75. The highest BCUT2D eigenvalue weighted by molar-refractivity contribution is 6.12. The maximum atomic E-state index is 12.5. The Kier molecular flexibility index (Phi) is 8.14. The first-order valence-electron chi connectivity index (χ1n) is 10.4. The Hall–Kier alpha value is -2.26. The van der Waals surface area contributed by atoms with E-state index in [1.807, 2.05) is 13.8 Å².